The molecular formula is C27H22FNO4. The molecule has 1 atom stereocenters. The van der Waals surface area contributed by atoms with Gasteiger partial charge in [0.25, 0.3) is 5.91 Å². The quantitative estimate of drug-likeness (QED) is 0.403. The molecule has 2 N–H and O–H groups in total. The van der Waals surface area contributed by atoms with Crippen LogP contribution in [0.1, 0.15) is 21.5 Å². The fraction of sp³-hybridized carbons (Fsp3) is 0.111. The maximum absolute atomic E-state index is 13.2. The first-order valence-electron chi connectivity index (χ1n) is 10.5. The number of halogens is 1. The number of carbonyl (C=O) groups is 2. The molecule has 0 radical (unpaired) electrons. The first-order valence-corrected chi connectivity index (χ1v) is 10.5. The molecule has 4 aromatic carbocycles. The summed E-state index contributed by atoms with van der Waals surface area (Å²) < 4.78 is 19.3. The molecule has 4 rings (SSSR count). The van der Waals surface area contributed by atoms with Crippen molar-refractivity contribution in [2.45, 2.75) is 19.1 Å². The maximum atomic E-state index is 13.2. The molecule has 0 aliphatic heterocycles. The van der Waals surface area contributed by atoms with E-state index in [0.29, 0.717) is 5.75 Å². The van der Waals surface area contributed by atoms with E-state index >= 15 is 0 Å². The topological polar surface area (TPSA) is 75.6 Å². The van der Waals surface area contributed by atoms with Gasteiger partial charge in [0.05, 0.1) is 5.56 Å². The Bertz CT molecular complexity index is 1270. The number of benzene rings is 4. The predicted molar refractivity (Wildman–Crippen MR) is 124 cm³/mol. The number of carboxylic acid groups (broad SMARTS) is 1. The average molecular weight is 443 g/mol. The van der Waals surface area contributed by atoms with Gasteiger partial charge in [-0.15, -0.1) is 0 Å². The molecule has 0 fully saturated rings. The van der Waals surface area contributed by atoms with E-state index in [2.05, 4.69) is 5.32 Å². The Morgan fingerprint density at radius 1 is 0.848 bits per heavy atom. The first-order chi connectivity index (χ1) is 16.0. The van der Waals surface area contributed by atoms with Gasteiger partial charge >= 0.3 is 5.97 Å². The molecule has 0 unspecified atom stereocenters. The zero-order chi connectivity index (χ0) is 23.2. The molecule has 0 aliphatic carbocycles. The predicted octanol–water partition coefficient (Wildman–Crippen LogP) is 4.98. The van der Waals surface area contributed by atoms with Gasteiger partial charge in [0.1, 0.15) is 24.2 Å². The number of hydrogen-bond donors (Lipinski definition) is 2. The normalized spacial score (nSPS) is 11.7. The Kier molecular flexibility index (Phi) is 6.64. The lowest BCUT2D eigenvalue weighted by atomic mass is 10.0. The SMILES string of the molecule is O=C(N[C@@H](Cc1ccccc1)C(=O)O)c1ccc2ccccc2c1OCc1ccc(F)cc1. The van der Waals surface area contributed by atoms with Gasteiger partial charge in [0.2, 0.25) is 0 Å². The number of carbonyl (C=O) groups excluding carboxylic acids is 1. The number of hydrogen-bond acceptors (Lipinski definition) is 3. The molecule has 0 saturated heterocycles. The highest BCUT2D eigenvalue weighted by atomic mass is 19.1. The Morgan fingerprint density at radius 3 is 2.27 bits per heavy atom. The van der Waals surface area contributed by atoms with Crippen LogP contribution < -0.4 is 10.1 Å². The van der Waals surface area contributed by atoms with E-state index in [-0.39, 0.29) is 24.4 Å². The lowest BCUT2D eigenvalue weighted by Crippen LogP contribution is -2.42. The van der Waals surface area contributed by atoms with Crippen LogP contribution in [0.2, 0.25) is 0 Å². The summed E-state index contributed by atoms with van der Waals surface area (Å²) in [6, 6.07) is 24.8. The van der Waals surface area contributed by atoms with Crippen molar-refractivity contribution in [3.8, 4) is 5.75 Å². The van der Waals surface area contributed by atoms with Crippen LogP contribution in [-0.2, 0) is 17.8 Å². The molecule has 33 heavy (non-hydrogen) atoms. The van der Waals surface area contributed by atoms with Gasteiger partial charge in [-0.25, -0.2) is 9.18 Å². The van der Waals surface area contributed by atoms with Crippen molar-refractivity contribution in [2.75, 3.05) is 0 Å². The van der Waals surface area contributed by atoms with Crippen LogP contribution in [0.25, 0.3) is 10.8 Å². The summed E-state index contributed by atoms with van der Waals surface area (Å²) in [5, 5.41) is 13.9. The molecular weight excluding hydrogens is 421 g/mol. The summed E-state index contributed by atoms with van der Waals surface area (Å²) in [7, 11) is 0. The van der Waals surface area contributed by atoms with Crippen LogP contribution in [0.5, 0.6) is 5.75 Å². The van der Waals surface area contributed by atoms with Gasteiger partial charge in [-0.1, -0.05) is 72.8 Å². The smallest absolute Gasteiger partial charge is 0.326 e. The lowest BCUT2D eigenvalue weighted by Gasteiger charge is -2.18. The Hall–Kier alpha value is -4.19. The minimum atomic E-state index is -1.12. The third-order valence-corrected chi connectivity index (χ3v) is 5.31. The summed E-state index contributed by atoms with van der Waals surface area (Å²) in [5.41, 5.74) is 1.77. The number of aliphatic carboxylic acids is 1. The van der Waals surface area contributed by atoms with Crippen LogP contribution in [0.4, 0.5) is 4.39 Å². The molecule has 6 heteroatoms. The van der Waals surface area contributed by atoms with E-state index in [1.165, 1.54) is 12.1 Å². The van der Waals surface area contributed by atoms with Crippen LogP contribution in [-0.4, -0.2) is 23.0 Å². The van der Waals surface area contributed by atoms with E-state index in [0.717, 1.165) is 21.9 Å². The maximum Gasteiger partial charge on any atom is 0.326 e. The third kappa shape index (κ3) is 5.36. The number of nitrogens with one attached hydrogen (secondary N) is 1. The van der Waals surface area contributed by atoms with Crippen molar-refractivity contribution in [3.05, 3.63) is 114 Å². The number of carboxylic acids is 1. The zero-order valence-electron chi connectivity index (χ0n) is 17.7. The van der Waals surface area contributed by atoms with Gasteiger partial charge in [-0.05, 0) is 34.7 Å². The van der Waals surface area contributed by atoms with E-state index in [4.69, 9.17) is 4.74 Å². The summed E-state index contributed by atoms with van der Waals surface area (Å²) in [6.07, 6.45) is 0.154. The molecule has 0 saturated carbocycles. The fourth-order valence-electron chi connectivity index (χ4n) is 3.60. The van der Waals surface area contributed by atoms with Gasteiger partial charge in [-0.3, -0.25) is 4.79 Å². The van der Waals surface area contributed by atoms with Crippen LogP contribution in [0, 0.1) is 5.82 Å². The minimum Gasteiger partial charge on any atom is -0.487 e. The highest BCUT2D eigenvalue weighted by Crippen LogP contribution is 2.31. The lowest BCUT2D eigenvalue weighted by molar-refractivity contribution is -0.139. The van der Waals surface area contributed by atoms with E-state index < -0.39 is 17.9 Å². The number of fused-ring (bicyclic) bond motifs is 1. The van der Waals surface area contributed by atoms with Gasteiger partial charge in [-0.2, -0.15) is 0 Å². The molecule has 0 spiro atoms. The third-order valence-electron chi connectivity index (χ3n) is 5.31. The van der Waals surface area contributed by atoms with Crippen LogP contribution >= 0.6 is 0 Å². The second-order valence-corrected chi connectivity index (χ2v) is 7.63. The van der Waals surface area contributed by atoms with E-state index in [1.807, 2.05) is 54.6 Å². The second kappa shape index (κ2) is 9.96. The van der Waals surface area contributed by atoms with Crippen molar-refractivity contribution in [1.29, 1.82) is 0 Å². The van der Waals surface area contributed by atoms with Crippen molar-refractivity contribution in [1.82, 2.24) is 5.32 Å². The molecule has 166 valence electrons. The summed E-state index contributed by atoms with van der Waals surface area (Å²) in [5.74, 6) is -1.67. The second-order valence-electron chi connectivity index (χ2n) is 7.63. The van der Waals surface area contributed by atoms with Crippen molar-refractivity contribution in [2.24, 2.45) is 0 Å². The van der Waals surface area contributed by atoms with Gasteiger partial charge in [0.15, 0.2) is 0 Å². The Labute approximate surface area is 190 Å². The minimum absolute atomic E-state index is 0.126. The highest BCUT2D eigenvalue weighted by Gasteiger charge is 2.24. The largest absolute Gasteiger partial charge is 0.487 e. The summed E-state index contributed by atoms with van der Waals surface area (Å²) in [4.78, 5) is 25.0. The molecule has 0 aromatic heterocycles. The van der Waals surface area contributed by atoms with Crippen LogP contribution in [0.3, 0.4) is 0 Å². The summed E-state index contributed by atoms with van der Waals surface area (Å²) in [6.45, 7) is 0.126. The Balaban J connectivity index is 1.62. The van der Waals surface area contributed by atoms with Gasteiger partial charge < -0.3 is 15.2 Å². The highest BCUT2D eigenvalue weighted by molar-refractivity contribution is 6.04. The van der Waals surface area contributed by atoms with E-state index in [1.54, 1.807) is 24.3 Å². The molecule has 4 aromatic rings. The number of amides is 1. The van der Waals surface area contributed by atoms with Gasteiger partial charge in [0, 0.05) is 11.8 Å². The molecule has 0 bridgehead atoms. The number of rotatable bonds is 8. The van der Waals surface area contributed by atoms with Crippen molar-refractivity contribution in [3.63, 3.8) is 0 Å². The van der Waals surface area contributed by atoms with Crippen molar-refractivity contribution >= 4 is 22.6 Å². The van der Waals surface area contributed by atoms with Crippen molar-refractivity contribution < 1.29 is 23.8 Å². The monoisotopic (exact) mass is 443 g/mol. The number of ether oxygens (including phenoxy) is 1. The molecule has 5 nitrogen and oxygen atoms in total. The fourth-order valence-corrected chi connectivity index (χ4v) is 3.60. The van der Waals surface area contributed by atoms with Crippen LogP contribution in [0.15, 0.2) is 91.0 Å². The molecule has 0 aliphatic rings. The Morgan fingerprint density at radius 2 is 1.55 bits per heavy atom. The molecule has 0 heterocycles. The zero-order valence-corrected chi connectivity index (χ0v) is 17.7. The molecule has 1 amide bonds. The first kappa shape index (κ1) is 22.0. The standard InChI is InChI=1S/C27H22FNO4/c28-21-13-10-19(11-14-21)17-33-25-22-9-5-4-8-20(22)12-15-23(25)26(30)29-24(27(31)32)16-18-6-2-1-3-7-18/h1-15,24H,16-17H2,(H,29,30)(H,31,32)/t24-/m0/s1. The average Bonchev–Trinajstić information content (AvgIpc) is 2.83. The summed E-state index contributed by atoms with van der Waals surface area (Å²) >= 11 is 0. The van der Waals surface area contributed by atoms with E-state index in [9.17, 15) is 19.1 Å².